The molecule has 2 aliphatic rings. The lowest BCUT2D eigenvalue weighted by Gasteiger charge is -2.27. The van der Waals surface area contributed by atoms with E-state index in [2.05, 4.69) is 24.2 Å². The molecule has 4 heteroatoms. The highest BCUT2D eigenvalue weighted by Gasteiger charge is 2.22. The maximum absolute atomic E-state index is 5.74. The van der Waals surface area contributed by atoms with Crippen LogP contribution in [-0.4, -0.2) is 30.0 Å². The van der Waals surface area contributed by atoms with Crippen LogP contribution in [0.25, 0.3) is 0 Å². The van der Waals surface area contributed by atoms with Crippen LogP contribution in [0.2, 0.25) is 0 Å². The molecular weight excluding hydrogens is 248 g/mol. The zero-order chi connectivity index (χ0) is 14.4. The van der Waals surface area contributed by atoms with Crippen molar-refractivity contribution in [1.82, 2.24) is 10.3 Å². The highest BCUT2D eigenvalue weighted by atomic mass is 15.4. The largest absolute Gasteiger partial charge is 0.342 e. The van der Waals surface area contributed by atoms with Gasteiger partial charge in [0, 0.05) is 13.1 Å². The normalized spacial score (nSPS) is 26.7. The molecule has 0 bridgehead atoms. The van der Waals surface area contributed by atoms with E-state index in [0.29, 0.717) is 6.04 Å². The van der Waals surface area contributed by atoms with Gasteiger partial charge in [0.05, 0.1) is 6.04 Å². The summed E-state index contributed by atoms with van der Waals surface area (Å²) in [5.74, 6) is 8.32. The molecule has 0 aromatic heterocycles. The first-order valence-electron chi connectivity index (χ1n) is 8.50. The van der Waals surface area contributed by atoms with Gasteiger partial charge in [-0.05, 0) is 43.9 Å². The molecule has 2 rings (SSSR count). The Balaban J connectivity index is 1.94. The average molecular weight is 280 g/mol. The average Bonchev–Trinajstić information content (AvgIpc) is 2.72. The van der Waals surface area contributed by atoms with Gasteiger partial charge in [-0.2, -0.15) is 0 Å². The summed E-state index contributed by atoms with van der Waals surface area (Å²) in [6, 6.07) is 0.485. The van der Waals surface area contributed by atoms with Crippen molar-refractivity contribution in [2.45, 2.75) is 71.3 Å². The van der Waals surface area contributed by atoms with Crippen LogP contribution in [0.5, 0.6) is 0 Å². The highest BCUT2D eigenvalue weighted by Crippen LogP contribution is 2.25. The van der Waals surface area contributed by atoms with Gasteiger partial charge in [0.25, 0.3) is 0 Å². The third kappa shape index (κ3) is 4.37. The van der Waals surface area contributed by atoms with Crippen LogP contribution in [0.1, 0.15) is 65.2 Å². The minimum absolute atomic E-state index is 0.485. The summed E-state index contributed by atoms with van der Waals surface area (Å²) in [7, 11) is 0. The highest BCUT2D eigenvalue weighted by molar-refractivity contribution is 5.79. The lowest BCUT2D eigenvalue weighted by molar-refractivity contribution is 0.336. The molecule has 3 N–H and O–H groups in total. The molecule has 116 valence electrons. The Morgan fingerprint density at radius 2 is 1.80 bits per heavy atom. The number of nitrogens with zero attached hydrogens (tertiary/aromatic N) is 2. The molecule has 1 aliphatic carbocycles. The smallest absolute Gasteiger partial charge is 0.208 e. The van der Waals surface area contributed by atoms with E-state index in [1.165, 1.54) is 51.4 Å². The lowest BCUT2D eigenvalue weighted by Crippen LogP contribution is -2.46. The summed E-state index contributed by atoms with van der Waals surface area (Å²) in [6.07, 6.45) is 10.3. The van der Waals surface area contributed by atoms with Crippen LogP contribution in [0.4, 0.5) is 0 Å². The Kier molecular flexibility index (Phi) is 6.14. The van der Waals surface area contributed by atoms with Gasteiger partial charge in [0.2, 0.25) is 5.96 Å². The van der Waals surface area contributed by atoms with Gasteiger partial charge in [-0.3, -0.25) is 5.43 Å². The topological polar surface area (TPSA) is 53.6 Å². The monoisotopic (exact) mass is 280 g/mol. The molecule has 0 spiro atoms. The SMILES string of the molecule is CC(C)C1CCCN(C(=NC2CCCCC2)NN)CC1. The summed E-state index contributed by atoms with van der Waals surface area (Å²) in [4.78, 5) is 7.27. The first kappa shape index (κ1) is 15.6. The van der Waals surface area contributed by atoms with E-state index in [0.717, 1.165) is 30.9 Å². The molecule has 4 nitrogen and oxygen atoms in total. The molecule has 1 saturated heterocycles. The standard InChI is InChI=1S/C16H32N4/c1-13(2)14-7-6-11-20(12-10-14)16(19-17)18-15-8-4-3-5-9-15/h13-15H,3-12,17H2,1-2H3,(H,18,19). The Bertz CT molecular complexity index is 308. The molecular formula is C16H32N4. The number of hydrazine groups is 1. The van der Waals surface area contributed by atoms with Crippen molar-refractivity contribution in [2.24, 2.45) is 22.7 Å². The second kappa shape index (κ2) is 7.87. The van der Waals surface area contributed by atoms with Crippen LogP contribution in [0.3, 0.4) is 0 Å². The first-order chi connectivity index (χ1) is 9.70. The number of nitrogens with two attached hydrogens (primary N) is 1. The molecule has 2 fully saturated rings. The van der Waals surface area contributed by atoms with E-state index in [1.54, 1.807) is 0 Å². The fourth-order valence-electron chi connectivity index (χ4n) is 3.59. The molecule has 1 aliphatic heterocycles. The molecule has 1 unspecified atom stereocenters. The van der Waals surface area contributed by atoms with Crippen LogP contribution in [0, 0.1) is 11.8 Å². The fraction of sp³-hybridized carbons (Fsp3) is 0.938. The number of rotatable bonds is 2. The van der Waals surface area contributed by atoms with E-state index in [4.69, 9.17) is 10.8 Å². The molecule has 0 aromatic rings. The Hall–Kier alpha value is -0.770. The van der Waals surface area contributed by atoms with E-state index in [9.17, 15) is 0 Å². The van der Waals surface area contributed by atoms with Crippen LogP contribution < -0.4 is 11.3 Å². The van der Waals surface area contributed by atoms with Crippen molar-refractivity contribution >= 4 is 5.96 Å². The van der Waals surface area contributed by atoms with E-state index >= 15 is 0 Å². The molecule has 0 amide bonds. The van der Waals surface area contributed by atoms with Gasteiger partial charge < -0.3 is 4.90 Å². The number of likely N-dealkylation sites (tertiary alicyclic amines) is 1. The first-order valence-corrected chi connectivity index (χ1v) is 8.50. The predicted molar refractivity (Wildman–Crippen MR) is 85.4 cm³/mol. The number of nitrogens with one attached hydrogen (secondary N) is 1. The quantitative estimate of drug-likeness (QED) is 0.354. The summed E-state index contributed by atoms with van der Waals surface area (Å²) in [5, 5.41) is 0. The molecule has 1 saturated carbocycles. The molecule has 1 atom stereocenters. The molecule has 20 heavy (non-hydrogen) atoms. The maximum atomic E-state index is 5.74. The van der Waals surface area contributed by atoms with Crippen LogP contribution in [-0.2, 0) is 0 Å². The molecule has 1 heterocycles. The fourth-order valence-corrected chi connectivity index (χ4v) is 3.59. The lowest BCUT2D eigenvalue weighted by atomic mass is 9.89. The van der Waals surface area contributed by atoms with Gasteiger partial charge in [-0.25, -0.2) is 10.8 Å². The van der Waals surface area contributed by atoms with E-state index in [-0.39, 0.29) is 0 Å². The minimum Gasteiger partial charge on any atom is -0.342 e. The third-order valence-electron chi connectivity index (χ3n) is 5.02. The van der Waals surface area contributed by atoms with Crippen molar-refractivity contribution in [3.8, 4) is 0 Å². The molecule has 0 aromatic carbocycles. The minimum atomic E-state index is 0.485. The van der Waals surface area contributed by atoms with Crippen molar-refractivity contribution in [1.29, 1.82) is 0 Å². The number of guanidine groups is 1. The van der Waals surface area contributed by atoms with Crippen LogP contribution in [0.15, 0.2) is 4.99 Å². The van der Waals surface area contributed by atoms with Crippen LogP contribution >= 0.6 is 0 Å². The summed E-state index contributed by atoms with van der Waals surface area (Å²) in [5.41, 5.74) is 2.87. The Morgan fingerprint density at radius 3 is 2.45 bits per heavy atom. The Labute approximate surface area is 124 Å². The number of aliphatic imine (C=N–C) groups is 1. The summed E-state index contributed by atoms with van der Waals surface area (Å²) >= 11 is 0. The van der Waals surface area contributed by atoms with E-state index < -0.39 is 0 Å². The van der Waals surface area contributed by atoms with E-state index in [1.807, 2.05) is 0 Å². The Morgan fingerprint density at radius 1 is 1.05 bits per heavy atom. The van der Waals surface area contributed by atoms with Gasteiger partial charge in [-0.1, -0.05) is 33.1 Å². The summed E-state index contributed by atoms with van der Waals surface area (Å²) in [6.45, 7) is 6.88. The van der Waals surface area contributed by atoms with Gasteiger partial charge >= 0.3 is 0 Å². The van der Waals surface area contributed by atoms with Crippen molar-refractivity contribution in [3.05, 3.63) is 0 Å². The van der Waals surface area contributed by atoms with Gasteiger partial charge in [-0.15, -0.1) is 0 Å². The zero-order valence-corrected chi connectivity index (χ0v) is 13.3. The van der Waals surface area contributed by atoms with Crippen molar-refractivity contribution < 1.29 is 0 Å². The van der Waals surface area contributed by atoms with Gasteiger partial charge in [0.1, 0.15) is 0 Å². The number of hydrogen-bond acceptors (Lipinski definition) is 2. The maximum Gasteiger partial charge on any atom is 0.208 e. The van der Waals surface area contributed by atoms with Gasteiger partial charge in [0.15, 0.2) is 0 Å². The third-order valence-corrected chi connectivity index (χ3v) is 5.02. The zero-order valence-electron chi connectivity index (χ0n) is 13.3. The molecule has 0 radical (unpaired) electrons. The second-order valence-electron chi connectivity index (χ2n) is 6.81. The summed E-state index contributed by atoms with van der Waals surface area (Å²) < 4.78 is 0. The van der Waals surface area contributed by atoms with Crippen molar-refractivity contribution in [2.75, 3.05) is 13.1 Å². The number of hydrogen-bond donors (Lipinski definition) is 2. The van der Waals surface area contributed by atoms with Crippen molar-refractivity contribution in [3.63, 3.8) is 0 Å². The predicted octanol–water partition coefficient (Wildman–Crippen LogP) is 2.90. The second-order valence-corrected chi connectivity index (χ2v) is 6.81.